The molecule has 1 aliphatic rings. The fourth-order valence-corrected chi connectivity index (χ4v) is 1.44. The molecule has 0 saturated heterocycles. The van der Waals surface area contributed by atoms with Gasteiger partial charge < -0.3 is 0 Å². The maximum absolute atomic E-state index is 10.2. The average Bonchev–Trinajstić information content (AvgIpc) is 1.59. The molecule has 0 bridgehead atoms. The van der Waals surface area contributed by atoms with Gasteiger partial charge in [-0.15, -0.1) is 0 Å². The van der Waals surface area contributed by atoms with Gasteiger partial charge in [-0.1, -0.05) is 13.8 Å². The van der Waals surface area contributed by atoms with Gasteiger partial charge in [0.25, 0.3) is 0 Å². The molecule has 0 aromatic rings. The van der Waals surface area contributed by atoms with Gasteiger partial charge in [-0.05, 0) is 18.3 Å². The van der Waals surface area contributed by atoms with Crippen LogP contribution in [0, 0.1) is 11.3 Å². The molecule has 0 aromatic heterocycles. The highest BCUT2D eigenvalue weighted by atomic mass is 16.4. The normalized spacial score (nSPS) is 25.1. The van der Waals surface area contributed by atoms with Gasteiger partial charge in [0.1, 0.15) is 0 Å². The van der Waals surface area contributed by atoms with Crippen LogP contribution in [0.1, 0.15) is 26.7 Å². The van der Waals surface area contributed by atoms with Crippen LogP contribution in [0.25, 0.3) is 0 Å². The summed E-state index contributed by atoms with van der Waals surface area (Å²) in [6.45, 7) is 4.15. The number of hydrogen-bond acceptors (Lipinski definition) is 1. The van der Waals surface area contributed by atoms with Crippen molar-refractivity contribution >= 4 is 5.97 Å². The van der Waals surface area contributed by atoms with Gasteiger partial charge in [-0.25, -0.2) is 9.90 Å². The van der Waals surface area contributed by atoms with Gasteiger partial charge in [0, 0.05) is 0 Å². The van der Waals surface area contributed by atoms with Crippen LogP contribution in [0.15, 0.2) is 0 Å². The topological polar surface area (TPSA) is 37.0 Å². The Morgan fingerprint density at radius 2 is 1.89 bits per heavy atom. The number of carbonyl (C=O) groups is 1. The molecular formula is C7H11O2. The zero-order chi connectivity index (χ0) is 7.07. The average molecular weight is 127 g/mol. The molecule has 0 aromatic carbocycles. The van der Waals surface area contributed by atoms with E-state index < -0.39 is 5.97 Å². The first-order valence-electron chi connectivity index (χ1n) is 3.22. The van der Waals surface area contributed by atoms with Crippen molar-refractivity contribution in [1.29, 1.82) is 0 Å². The van der Waals surface area contributed by atoms with Gasteiger partial charge in [-0.3, -0.25) is 0 Å². The first-order chi connectivity index (χ1) is 4.01. The van der Waals surface area contributed by atoms with E-state index in [2.05, 4.69) is 13.8 Å². The van der Waals surface area contributed by atoms with Crippen LogP contribution >= 0.6 is 0 Å². The van der Waals surface area contributed by atoms with E-state index in [1.165, 1.54) is 0 Å². The second kappa shape index (κ2) is 1.72. The number of rotatable bonds is 1. The Labute approximate surface area is 54.9 Å². The fraction of sp³-hybridized carbons (Fsp3) is 0.857. The van der Waals surface area contributed by atoms with Crippen LogP contribution in [0.3, 0.4) is 0 Å². The highest BCUT2D eigenvalue weighted by Gasteiger charge is 2.41. The van der Waals surface area contributed by atoms with Crippen molar-refractivity contribution in [2.45, 2.75) is 26.7 Å². The third-order valence-corrected chi connectivity index (χ3v) is 1.93. The zero-order valence-corrected chi connectivity index (χ0v) is 5.81. The molecule has 0 atom stereocenters. The molecular weight excluding hydrogens is 116 g/mol. The fourth-order valence-electron chi connectivity index (χ4n) is 1.44. The Bertz CT molecular complexity index is 130. The molecule has 9 heavy (non-hydrogen) atoms. The number of hydrogen-bond donors (Lipinski definition) is 0. The molecule has 2 heteroatoms. The van der Waals surface area contributed by atoms with E-state index in [0.29, 0.717) is 0 Å². The number of carbonyl (C=O) groups excluding carboxylic acids is 1. The van der Waals surface area contributed by atoms with E-state index in [0.717, 1.165) is 12.8 Å². The standard InChI is InChI=1S/C7H11O2/c1-7(2)3-5(4-7)6(8)9/h5H,3-4H2,1-2H3. The van der Waals surface area contributed by atoms with Crippen molar-refractivity contribution in [3.05, 3.63) is 0 Å². The molecule has 2 nitrogen and oxygen atoms in total. The van der Waals surface area contributed by atoms with Crippen molar-refractivity contribution in [2.24, 2.45) is 11.3 Å². The molecule has 1 fully saturated rings. The van der Waals surface area contributed by atoms with Gasteiger partial charge in [-0.2, -0.15) is 0 Å². The summed E-state index contributed by atoms with van der Waals surface area (Å²) >= 11 is 0. The van der Waals surface area contributed by atoms with Gasteiger partial charge in [0.2, 0.25) is 0 Å². The molecule has 0 unspecified atom stereocenters. The Morgan fingerprint density at radius 1 is 1.44 bits per heavy atom. The summed E-state index contributed by atoms with van der Waals surface area (Å²) in [5.41, 5.74) is 0.255. The molecule has 0 N–H and O–H groups in total. The molecule has 1 rings (SSSR count). The van der Waals surface area contributed by atoms with E-state index >= 15 is 0 Å². The van der Waals surface area contributed by atoms with Crippen molar-refractivity contribution in [3.8, 4) is 0 Å². The lowest BCUT2D eigenvalue weighted by molar-refractivity contribution is -0.155. The lowest BCUT2D eigenvalue weighted by atomic mass is 9.65. The Hall–Kier alpha value is -0.530. The van der Waals surface area contributed by atoms with Crippen LogP contribution < -0.4 is 0 Å². The summed E-state index contributed by atoms with van der Waals surface area (Å²) in [7, 11) is 0. The van der Waals surface area contributed by atoms with Crippen LogP contribution in [-0.2, 0) is 9.90 Å². The van der Waals surface area contributed by atoms with Gasteiger partial charge in [0.15, 0.2) is 0 Å². The molecule has 0 amide bonds. The minimum atomic E-state index is -0.880. The summed E-state index contributed by atoms with van der Waals surface area (Å²) in [5.74, 6) is -1.05. The summed E-state index contributed by atoms with van der Waals surface area (Å²) in [6, 6.07) is 0. The minimum absolute atomic E-state index is 0.167. The molecule has 1 aliphatic carbocycles. The van der Waals surface area contributed by atoms with E-state index in [1.807, 2.05) is 0 Å². The lowest BCUT2D eigenvalue weighted by Gasteiger charge is -2.39. The smallest absolute Gasteiger partial charge is 0.247 e. The van der Waals surface area contributed by atoms with Crippen molar-refractivity contribution < 1.29 is 9.90 Å². The summed E-state index contributed by atoms with van der Waals surface area (Å²) in [4.78, 5) is 10.2. The summed E-state index contributed by atoms with van der Waals surface area (Å²) in [5, 5.41) is 10.2. The van der Waals surface area contributed by atoms with Crippen molar-refractivity contribution in [1.82, 2.24) is 0 Å². The summed E-state index contributed by atoms with van der Waals surface area (Å²) < 4.78 is 0. The SMILES string of the molecule is CC1(C)CC(C([O])=O)C1. The molecule has 0 spiro atoms. The van der Waals surface area contributed by atoms with Crippen molar-refractivity contribution in [2.75, 3.05) is 0 Å². The Morgan fingerprint density at radius 3 is 2.00 bits per heavy atom. The van der Waals surface area contributed by atoms with Crippen LogP contribution in [0.5, 0.6) is 0 Å². The van der Waals surface area contributed by atoms with E-state index in [9.17, 15) is 9.90 Å². The second-order valence-electron chi connectivity index (χ2n) is 3.59. The monoisotopic (exact) mass is 127 g/mol. The van der Waals surface area contributed by atoms with E-state index in [4.69, 9.17) is 0 Å². The molecule has 0 aliphatic heterocycles. The Kier molecular flexibility index (Phi) is 1.26. The first kappa shape index (κ1) is 6.59. The molecule has 0 heterocycles. The van der Waals surface area contributed by atoms with E-state index in [-0.39, 0.29) is 11.3 Å². The third kappa shape index (κ3) is 1.23. The first-order valence-corrected chi connectivity index (χ1v) is 3.22. The highest BCUT2D eigenvalue weighted by Crippen LogP contribution is 2.44. The van der Waals surface area contributed by atoms with Crippen LogP contribution in [0.4, 0.5) is 0 Å². The maximum atomic E-state index is 10.2. The Balaban J connectivity index is 2.35. The lowest BCUT2D eigenvalue weighted by Crippen LogP contribution is -2.36. The predicted octanol–water partition coefficient (Wildman–Crippen LogP) is 1.38. The zero-order valence-electron chi connectivity index (χ0n) is 5.81. The highest BCUT2D eigenvalue weighted by molar-refractivity contribution is 5.70. The van der Waals surface area contributed by atoms with Gasteiger partial charge in [0.05, 0.1) is 5.92 Å². The maximum Gasteiger partial charge on any atom is 0.358 e. The predicted molar refractivity (Wildman–Crippen MR) is 32.2 cm³/mol. The molecule has 1 radical (unpaired) electrons. The van der Waals surface area contributed by atoms with Crippen LogP contribution in [0.2, 0.25) is 0 Å². The summed E-state index contributed by atoms with van der Waals surface area (Å²) in [6.07, 6.45) is 1.57. The van der Waals surface area contributed by atoms with Crippen molar-refractivity contribution in [3.63, 3.8) is 0 Å². The quantitative estimate of drug-likeness (QED) is 0.524. The minimum Gasteiger partial charge on any atom is -0.247 e. The largest absolute Gasteiger partial charge is 0.358 e. The van der Waals surface area contributed by atoms with Crippen LogP contribution in [-0.4, -0.2) is 5.97 Å². The van der Waals surface area contributed by atoms with E-state index in [1.54, 1.807) is 0 Å². The molecule has 1 saturated carbocycles. The molecule has 51 valence electrons. The third-order valence-electron chi connectivity index (χ3n) is 1.93. The second-order valence-corrected chi connectivity index (χ2v) is 3.59. The van der Waals surface area contributed by atoms with Gasteiger partial charge >= 0.3 is 5.97 Å².